The first-order chi connectivity index (χ1) is 12.8. The molecule has 2 aliphatic carbocycles. The summed E-state index contributed by atoms with van der Waals surface area (Å²) in [5.74, 6) is 4.19. The third-order valence-corrected chi connectivity index (χ3v) is 7.52. The van der Waals surface area contributed by atoms with E-state index in [2.05, 4.69) is 26.0 Å². The molecule has 2 saturated carbocycles. The Balaban J connectivity index is 1.62. The van der Waals surface area contributed by atoms with Crippen molar-refractivity contribution in [2.75, 3.05) is 0 Å². The van der Waals surface area contributed by atoms with Crippen LogP contribution in [-0.2, 0) is 0 Å². The van der Waals surface area contributed by atoms with Gasteiger partial charge in [-0.3, -0.25) is 0 Å². The number of hydrogen-bond acceptors (Lipinski definition) is 0. The van der Waals surface area contributed by atoms with Gasteiger partial charge in [0.2, 0.25) is 0 Å². The molecule has 0 saturated heterocycles. The van der Waals surface area contributed by atoms with Gasteiger partial charge in [0, 0.05) is 0 Å². The van der Waals surface area contributed by atoms with Gasteiger partial charge in [0.25, 0.3) is 0 Å². The average molecular weight is 361 g/mol. The van der Waals surface area contributed by atoms with E-state index in [1.807, 2.05) is 0 Å². The highest BCUT2D eigenvalue weighted by molar-refractivity contribution is 4.88. The molecule has 2 fully saturated rings. The second kappa shape index (κ2) is 13.8. The fraction of sp³-hybridized carbons (Fsp3) is 0.923. The van der Waals surface area contributed by atoms with Crippen molar-refractivity contribution < 1.29 is 0 Å². The quantitative estimate of drug-likeness (QED) is 0.227. The van der Waals surface area contributed by atoms with E-state index in [-0.39, 0.29) is 0 Å². The summed E-state index contributed by atoms with van der Waals surface area (Å²) in [6, 6.07) is 0. The second-order valence-corrected chi connectivity index (χ2v) is 9.53. The SMILES string of the molecule is CCCCC=CC[C@H]1CCC[C@@H]1CCCCC(CCC)C1CCCCC1. The zero-order chi connectivity index (χ0) is 18.5. The Morgan fingerprint density at radius 2 is 1.54 bits per heavy atom. The van der Waals surface area contributed by atoms with Gasteiger partial charge in [0.05, 0.1) is 0 Å². The van der Waals surface area contributed by atoms with E-state index < -0.39 is 0 Å². The maximum Gasteiger partial charge on any atom is -0.0320 e. The Morgan fingerprint density at radius 3 is 2.31 bits per heavy atom. The largest absolute Gasteiger partial charge is 0.0885 e. The van der Waals surface area contributed by atoms with Crippen molar-refractivity contribution in [3.8, 4) is 0 Å². The molecule has 0 heteroatoms. The highest BCUT2D eigenvalue weighted by Crippen LogP contribution is 2.39. The van der Waals surface area contributed by atoms with Crippen LogP contribution in [0.1, 0.15) is 129 Å². The van der Waals surface area contributed by atoms with Gasteiger partial charge in [-0.05, 0) is 42.9 Å². The minimum atomic E-state index is 1.01. The van der Waals surface area contributed by atoms with E-state index in [1.165, 1.54) is 103 Å². The molecule has 0 aliphatic heterocycles. The first-order valence-electron chi connectivity index (χ1n) is 12.5. The monoisotopic (exact) mass is 360 g/mol. The van der Waals surface area contributed by atoms with Gasteiger partial charge < -0.3 is 0 Å². The lowest BCUT2D eigenvalue weighted by molar-refractivity contribution is 0.216. The molecule has 0 radical (unpaired) electrons. The van der Waals surface area contributed by atoms with Crippen molar-refractivity contribution in [3.63, 3.8) is 0 Å². The zero-order valence-electron chi connectivity index (χ0n) is 18.2. The zero-order valence-corrected chi connectivity index (χ0v) is 18.2. The van der Waals surface area contributed by atoms with Gasteiger partial charge in [-0.2, -0.15) is 0 Å². The Bertz CT molecular complexity index is 349. The van der Waals surface area contributed by atoms with Crippen LogP contribution >= 0.6 is 0 Å². The summed E-state index contributed by atoms with van der Waals surface area (Å²) in [7, 11) is 0. The summed E-state index contributed by atoms with van der Waals surface area (Å²) in [6.07, 6.45) is 31.5. The molecule has 0 spiro atoms. The summed E-state index contributed by atoms with van der Waals surface area (Å²) in [5, 5.41) is 0. The lowest BCUT2D eigenvalue weighted by Crippen LogP contribution is -2.18. The van der Waals surface area contributed by atoms with E-state index in [0.29, 0.717) is 0 Å². The van der Waals surface area contributed by atoms with Crippen LogP contribution in [0, 0.1) is 23.7 Å². The summed E-state index contributed by atoms with van der Waals surface area (Å²) < 4.78 is 0. The first kappa shape index (κ1) is 22.0. The van der Waals surface area contributed by atoms with Gasteiger partial charge in [0.1, 0.15) is 0 Å². The third-order valence-electron chi connectivity index (χ3n) is 7.52. The number of rotatable bonds is 13. The summed E-state index contributed by atoms with van der Waals surface area (Å²) in [4.78, 5) is 0. The van der Waals surface area contributed by atoms with Crippen LogP contribution in [0.25, 0.3) is 0 Å². The second-order valence-electron chi connectivity index (χ2n) is 9.53. The predicted octanol–water partition coefficient (Wildman–Crippen LogP) is 9.10. The first-order valence-corrected chi connectivity index (χ1v) is 12.5. The molecule has 152 valence electrons. The molecular formula is C26H48. The van der Waals surface area contributed by atoms with Gasteiger partial charge in [-0.25, -0.2) is 0 Å². The number of hydrogen-bond donors (Lipinski definition) is 0. The topological polar surface area (TPSA) is 0 Å². The molecule has 0 amide bonds. The molecule has 0 heterocycles. The average Bonchev–Trinajstić information content (AvgIpc) is 3.12. The van der Waals surface area contributed by atoms with E-state index in [4.69, 9.17) is 0 Å². The summed E-state index contributed by atoms with van der Waals surface area (Å²) in [6.45, 7) is 4.69. The minimum Gasteiger partial charge on any atom is -0.0885 e. The van der Waals surface area contributed by atoms with Crippen LogP contribution in [0.2, 0.25) is 0 Å². The van der Waals surface area contributed by atoms with Crippen molar-refractivity contribution in [2.45, 2.75) is 129 Å². The van der Waals surface area contributed by atoms with Crippen LogP contribution in [0.4, 0.5) is 0 Å². The molecule has 0 N–H and O–H groups in total. The molecule has 2 aliphatic rings. The van der Waals surface area contributed by atoms with Crippen molar-refractivity contribution in [3.05, 3.63) is 12.2 Å². The van der Waals surface area contributed by atoms with E-state index in [0.717, 1.165) is 23.7 Å². The van der Waals surface area contributed by atoms with E-state index >= 15 is 0 Å². The Morgan fingerprint density at radius 1 is 0.731 bits per heavy atom. The smallest absolute Gasteiger partial charge is 0.0320 e. The molecular weight excluding hydrogens is 312 g/mol. The Labute approximate surface area is 165 Å². The normalized spacial score (nSPS) is 25.9. The van der Waals surface area contributed by atoms with Gasteiger partial charge in [-0.1, -0.05) is 122 Å². The fourth-order valence-corrected chi connectivity index (χ4v) is 5.92. The minimum absolute atomic E-state index is 1.01. The highest BCUT2D eigenvalue weighted by Gasteiger charge is 2.26. The van der Waals surface area contributed by atoms with Crippen molar-refractivity contribution in [1.29, 1.82) is 0 Å². The van der Waals surface area contributed by atoms with Crippen LogP contribution < -0.4 is 0 Å². The van der Waals surface area contributed by atoms with Gasteiger partial charge in [0.15, 0.2) is 0 Å². The highest BCUT2D eigenvalue weighted by atomic mass is 14.3. The number of unbranched alkanes of at least 4 members (excludes halogenated alkanes) is 3. The summed E-state index contributed by atoms with van der Waals surface area (Å²) in [5.41, 5.74) is 0. The lowest BCUT2D eigenvalue weighted by Gasteiger charge is -2.30. The number of allylic oxidation sites excluding steroid dienone is 2. The maximum absolute atomic E-state index is 2.51. The molecule has 0 nitrogen and oxygen atoms in total. The van der Waals surface area contributed by atoms with E-state index in [1.54, 1.807) is 12.8 Å². The maximum atomic E-state index is 2.51. The van der Waals surface area contributed by atoms with Crippen molar-refractivity contribution in [1.82, 2.24) is 0 Å². The molecule has 0 aromatic carbocycles. The predicted molar refractivity (Wildman–Crippen MR) is 118 cm³/mol. The third kappa shape index (κ3) is 8.18. The molecule has 2 rings (SSSR count). The molecule has 0 bridgehead atoms. The molecule has 3 atom stereocenters. The molecule has 0 aromatic heterocycles. The van der Waals surface area contributed by atoms with Gasteiger partial charge in [-0.15, -0.1) is 0 Å². The Hall–Kier alpha value is -0.260. The van der Waals surface area contributed by atoms with Crippen molar-refractivity contribution in [2.24, 2.45) is 23.7 Å². The summed E-state index contributed by atoms with van der Waals surface area (Å²) >= 11 is 0. The van der Waals surface area contributed by atoms with Crippen LogP contribution in [0.15, 0.2) is 12.2 Å². The van der Waals surface area contributed by atoms with Crippen LogP contribution in [0.3, 0.4) is 0 Å². The lowest BCUT2D eigenvalue weighted by atomic mass is 9.76. The molecule has 0 aromatic rings. The van der Waals surface area contributed by atoms with Crippen LogP contribution in [-0.4, -0.2) is 0 Å². The fourth-order valence-electron chi connectivity index (χ4n) is 5.92. The molecule has 1 unspecified atom stereocenters. The Kier molecular flexibility index (Phi) is 11.7. The van der Waals surface area contributed by atoms with E-state index in [9.17, 15) is 0 Å². The molecule has 26 heavy (non-hydrogen) atoms. The van der Waals surface area contributed by atoms with Gasteiger partial charge >= 0.3 is 0 Å². The van der Waals surface area contributed by atoms with Crippen molar-refractivity contribution >= 4 is 0 Å². The van der Waals surface area contributed by atoms with Crippen LogP contribution in [0.5, 0.6) is 0 Å². The standard InChI is InChI=1S/C26H48/c1-3-5-6-7-9-16-25-21-14-22-26(25)20-13-12-19-23(15-4-2)24-17-10-8-11-18-24/h7,9,23-26H,3-6,8,10-22H2,1-2H3/t23?,25-,26-/m0/s1.